The first-order chi connectivity index (χ1) is 14.2. The monoisotopic (exact) mass is 420 g/mol. The van der Waals surface area contributed by atoms with Gasteiger partial charge in [-0.2, -0.15) is 0 Å². The number of furan rings is 1. The standard InChI is InChI=1S/C20H15F3N2O5/c1-10-13-6-11(21)2-5-16(13)30-19(10)20(28)29-9-18(27)24-8-17(26)25-12-3-4-14(22)15(23)7-12/h2-7H,8-9H2,1H3,(H,24,27)(H,25,26). The highest BCUT2D eigenvalue weighted by molar-refractivity contribution is 5.97. The van der Waals surface area contributed by atoms with E-state index in [1.165, 1.54) is 18.2 Å². The van der Waals surface area contributed by atoms with Crippen molar-refractivity contribution in [3.63, 3.8) is 0 Å². The van der Waals surface area contributed by atoms with E-state index in [9.17, 15) is 27.6 Å². The molecule has 0 spiro atoms. The highest BCUT2D eigenvalue weighted by Crippen LogP contribution is 2.26. The van der Waals surface area contributed by atoms with Crippen molar-refractivity contribution in [2.45, 2.75) is 6.92 Å². The van der Waals surface area contributed by atoms with Crippen LogP contribution in [0.25, 0.3) is 11.0 Å². The number of anilines is 1. The normalized spacial score (nSPS) is 10.7. The number of benzene rings is 2. The maximum absolute atomic E-state index is 13.3. The summed E-state index contributed by atoms with van der Waals surface area (Å²) in [5.74, 6) is -5.25. The fraction of sp³-hybridized carbons (Fsp3) is 0.150. The molecule has 30 heavy (non-hydrogen) atoms. The Morgan fingerprint density at radius 1 is 1.00 bits per heavy atom. The van der Waals surface area contributed by atoms with E-state index in [1.54, 1.807) is 6.92 Å². The fourth-order valence-electron chi connectivity index (χ4n) is 2.59. The van der Waals surface area contributed by atoms with Gasteiger partial charge in [0.2, 0.25) is 11.7 Å². The minimum absolute atomic E-state index is 0.0105. The number of nitrogens with one attached hydrogen (secondary N) is 2. The van der Waals surface area contributed by atoms with Gasteiger partial charge in [-0.25, -0.2) is 18.0 Å². The summed E-state index contributed by atoms with van der Waals surface area (Å²) in [6.07, 6.45) is 0. The van der Waals surface area contributed by atoms with E-state index in [4.69, 9.17) is 9.15 Å². The molecule has 2 N–H and O–H groups in total. The highest BCUT2D eigenvalue weighted by atomic mass is 19.2. The molecular formula is C20H15F3N2O5. The second-order valence-electron chi connectivity index (χ2n) is 6.23. The van der Waals surface area contributed by atoms with Crippen LogP contribution in [-0.4, -0.2) is 30.9 Å². The number of hydrogen-bond donors (Lipinski definition) is 2. The average molecular weight is 420 g/mol. The first kappa shape index (κ1) is 20.9. The largest absolute Gasteiger partial charge is 0.450 e. The summed E-state index contributed by atoms with van der Waals surface area (Å²) in [5.41, 5.74) is 0.663. The summed E-state index contributed by atoms with van der Waals surface area (Å²) in [6.45, 7) is 0.366. The van der Waals surface area contributed by atoms with E-state index in [1.807, 2.05) is 0 Å². The first-order valence-corrected chi connectivity index (χ1v) is 8.62. The minimum Gasteiger partial charge on any atom is -0.450 e. The van der Waals surface area contributed by atoms with E-state index >= 15 is 0 Å². The number of halogens is 3. The van der Waals surface area contributed by atoms with Gasteiger partial charge in [0.15, 0.2) is 18.2 Å². The smallest absolute Gasteiger partial charge is 0.375 e. The number of carbonyl (C=O) groups is 3. The van der Waals surface area contributed by atoms with E-state index in [0.717, 1.165) is 18.2 Å². The van der Waals surface area contributed by atoms with Crippen LogP contribution in [0.3, 0.4) is 0 Å². The zero-order chi connectivity index (χ0) is 21.8. The number of amides is 2. The fourth-order valence-corrected chi connectivity index (χ4v) is 2.59. The van der Waals surface area contributed by atoms with E-state index in [2.05, 4.69) is 10.6 Å². The third-order valence-electron chi connectivity index (χ3n) is 4.07. The number of carbonyl (C=O) groups excluding carboxylic acids is 3. The van der Waals surface area contributed by atoms with Gasteiger partial charge in [0.1, 0.15) is 11.4 Å². The summed E-state index contributed by atoms with van der Waals surface area (Å²) in [4.78, 5) is 35.7. The Hall–Kier alpha value is -3.82. The molecule has 0 unspecified atom stereocenters. The number of esters is 1. The molecule has 0 fully saturated rings. The van der Waals surface area contributed by atoms with Crippen LogP contribution in [0.1, 0.15) is 16.1 Å². The van der Waals surface area contributed by atoms with Gasteiger partial charge in [0.25, 0.3) is 5.91 Å². The Labute approximate surface area is 167 Å². The molecule has 2 aromatic carbocycles. The van der Waals surface area contributed by atoms with Gasteiger partial charge in [0, 0.05) is 22.7 Å². The van der Waals surface area contributed by atoms with Crippen molar-refractivity contribution in [3.05, 3.63) is 65.2 Å². The van der Waals surface area contributed by atoms with Gasteiger partial charge in [-0.15, -0.1) is 0 Å². The molecule has 0 bridgehead atoms. The van der Waals surface area contributed by atoms with Gasteiger partial charge in [0.05, 0.1) is 6.54 Å². The first-order valence-electron chi connectivity index (χ1n) is 8.62. The second-order valence-corrected chi connectivity index (χ2v) is 6.23. The lowest BCUT2D eigenvalue weighted by Crippen LogP contribution is -2.35. The van der Waals surface area contributed by atoms with Gasteiger partial charge in [-0.05, 0) is 37.3 Å². The van der Waals surface area contributed by atoms with Crippen molar-refractivity contribution >= 4 is 34.4 Å². The SMILES string of the molecule is Cc1c(C(=O)OCC(=O)NCC(=O)Nc2ccc(F)c(F)c2)oc2ccc(F)cc12. The molecule has 0 aliphatic rings. The molecule has 0 aliphatic carbocycles. The van der Waals surface area contributed by atoms with Crippen LogP contribution in [-0.2, 0) is 14.3 Å². The lowest BCUT2D eigenvalue weighted by molar-refractivity contribution is -0.126. The molecule has 0 radical (unpaired) electrons. The van der Waals surface area contributed by atoms with Crippen LogP contribution in [0.15, 0.2) is 40.8 Å². The quantitative estimate of drug-likeness (QED) is 0.598. The molecule has 1 heterocycles. The van der Waals surface area contributed by atoms with E-state index in [0.29, 0.717) is 16.5 Å². The number of aryl methyl sites for hydroxylation is 1. The van der Waals surface area contributed by atoms with Crippen LogP contribution in [0.4, 0.5) is 18.9 Å². The van der Waals surface area contributed by atoms with Crippen LogP contribution >= 0.6 is 0 Å². The third-order valence-corrected chi connectivity index (χ3v) is 4.07. The van der Waals surface area contributed by atoms with Crippen LogP contribution in [0.5, 0.6) is 0 Å². The van der Waals surface area contributed by atoms with Crippen molar-refractivity contribution in [1.82, 2.24) is 5.32 Å². The number of fused-ring (bicyclic) bond motifs is 1. The number of hydrogen-bond acceptors (Lipinski definition) is 5. The Morgan fingerprint density at radius 2 is 1.77 bits per heavy atom. The third kappa shape index (κ3) is 4.77. The van der Waals surface area contributed by atoms with Gasteiger partial charge in [-0.3, -0.25) is 9.59 Å². The lowest BCUT2D eigenvalue weighted by Gasteiger charge is -2.07. The predicted octanol–water partition coefficient (Wildman–Crippen LogP) is 3.07. The molecule has 3 aromatic rings. The maximum atomic E-state index is 13.3. The van der Waals surface area contributed by atoms with Crippen LogP contribution in [0, 0.1) is 24.4 Å². The Morgan fingerprint density at radius 3 is 2.50 bits per heavy atom. The number of rotatable bonds is 6. The van der Waals surface area contributed by atoms with Crippen molar-refractivity contribution < 1.29 is 36.7 Å². The Balaban J connectivity index is 1.49. The summed E-state index contributed by atoms with van der Waals surface area (Å²) in [5, 5.41) is 4.88. The average Bonchev–Trinajstić information content (AvgIpc) is 3.03. The van der Waals surface area contributed by atoms with E-state index < -0.39 is 48.4 Å². The summed E-state index contributed by atoms with van der Waals surface area (Å²) in [6, 6.07) is 6.55. The number of ether oxygens (including phenoxy) is 1. The molecule has 7 nitrogen and oxygen atoms in total. The molecule has 0 saturated carbocycles. The molecule has 0 aliphatic heterocycles. The summed E-state index contributed by atoms with van der Waals surface area (Å²) in [7, 11) is 0. The maximum Gasteiger partial charge on any atom is 0.375 e. The molecule has 3 rings (SSSR count). The van der Waals surface area contributed by atoms with Crippen molar-refractivity contribution in [2.24, 2.45) is 0 Å². The van der Waals surface area contributed by atoms with Gasteiger partial charge in [-0.1, -0.05) is 0 Å². The van der Waals surface area contributed by atoms with Crippen molar-refractivity contribution in [1.29, 1.82) is 0 Å². The van der Waals surface area contributed by atoms with Crippen LogP contribution < -0.4 is 10.6 Å². The van der Waals surface area contributed by atoms with Crippen molar-refractivity contribution in [2.75, 3.05) is 18.5 Å². The van der Waals surface area contributed by atoms with Crippen molar-refractivity contribution in [3.8, 4) is 0 Å². The lowest BCUT2D eigenvalue weighted by atomic mass is 10.1. The topological polar surface area (TPSA) is 97.6 Å². The Bertz CT molecular complexity index is 1140. The molecule has 1 aromatic heterocycles. The molecule has 156 valence electrons. The van der Waals surface area contributed by atoms with Crippen LogP contribution in [0.2, 0.25) is 0 Å². The highest BCUT2D eigenvalue weighted by Gasteiger charge is 2.20. The zero-order valence-corrected chi connectivity index (χ0v) is 15.6. The predicted molar refractivity (Wildman–Crippen MR) is 99.2 cm³/mol. The van der Waals surface area contributed by atoms with Gasteiger partial charge >= 0.3 is 5.97 Å². The molecular weight excluding hydrogens is 405 g/mol. The van der Waals surface area contributed by atoms with E-state index in [-0.39, 0.29) is 11.4 Å². The second kappa shape index (κ2) is 8.68. The molecule has 0 atom stereocenters. The summed E-state index contributed by atoms with van der Waals surface area (Å²) >= 11 is 0. The minimum atomic E-state index is -1.13. The van der Waals surface area contributed by atoms with Gasteiger partial charge < -0.3 is 19.8 Å². The molecule has 10 heteroatoms. The Kier molecular flexibility index (Phi) is 6.05. The molecule has 0 saturated heterocycles. The summed E-state index contributed by atoms with van der Waals surface area (Å²) < 4.78 is 49.5. The zero-order valence-electron chi connectivity index (χ0n) is 15.6. The molecule has 2 amide bonds.